The van der Waals surface area contributed by atoms with Crippen molar-refractivity contribution in [3.63, 3.8) is 0 Å². The number of carbonyl (C=O) groups excluding carboxylic acids is 1. The van der Waals surface area contributed by atoms with E-state index in [1.165, 1.54) is 19.2 Å². The molecular weight excluding hydrogens is 533 g/mol. The van der Waals surface area contributed by atoms with Gasteiger partial charge in [-0.1, -0.05) is 6.07 Å². The highest BCUT2D eigenvalue weighted by Gasteiger charge is 2.33. The van der Waals surface area contributed by atoms with E-state index in [0.717, 1.165) is 23.3 Å². The van der Waals surface area contributed by atoms with Crippen molar-refractivity contribution >= 4 is 29.0 Å². The van der Waals surface area contributed by atoms with Gasteiger partial charge in [-0.3, -0.25) is 0 Å². The zero-order chi connectivity index (χ0) is 28.2. The lowest BCUT2D eigenvalue weighted by atomic mass is 9.92. The smallest absolute Gasteiger partial charge is 0.416 e. The van der Waals surface area contributed by atoms with Crippen LogP contribution in [-0.2, 0) is 17.3 Å². The van der Waals surface area contributed by atoms with E-state index < -0.39 is 23.8 Å². The van der Waals surface area contributed by atoms with Gasteiger partial charge < -0.3 is 29.2 Å². The summed E-state index contributed by atoms with van der Waals surface area (Å²) in [6.45, 7) is 0.646. The topological polar surface area (TPSA) is 69.3 Å². The van der Waals surface area contributed by atoms with Gasteiger partial charge in [0, 0.05) is 12.2 Å². The number of nitrogens with zero attached hydrogens (tertiary/aromatic N) is 1. The molecule has 0 radical (unpaired) electrons. The fraction of sp³-hybridized carbons (Fsp3) is 0.286. The number of thiocarbonyl (C=S) groups is 1. The fourth-order valence-electron chi connectivity index (χ4n) is 4.40. The van der Waals surface area contributed by atoms with Gasteiger partial charge in [-0.15, -0.1) is 0 Å². The van der Waals surface area contributed by atoms with Crippen LogP contribution < -0.4 is 19.5 Å². The molecule has 0 spiro atoms. The minimum Gasteiger partial charge on any atom is -0.493 e. The number of nitrogens with one attached hydrogen (secondary N) is 1. The number of rotatable bonds is 7. The first-order chi connectivity index (χ1) is 18.6. The van der Waals surface area contributed by atoms with Crippen molar-refractivity contribution in [3.05, 3.63) is 82.9 Å². The Kier molecular flexibility index (Phi) is 8.49. The molecule has 1 heterocycles. The number of esters is 1. The zero-order valence-corrected chi connectivity index (χ0v) is 22.3. The summed E-state index contributed by atoms with van der Waals surface area (Å²) >= 11 is 5.67. The first kappa shape index (κ1) is 28.0. The normalized spacial score (nSPS) is 14.7. The van der Waals surface area contributed by atoms with E-state index in [1.807, 2.05) is 17.0 Å². The molecule has 0 aliphatic carbocycles. The molecule has 3 aromatic carbocycles. The summed E-state index contributed by atoms with van der Waals surface area (Å²) in [6, 6.07) is 14.8. The van der Waals surface area contributed by atoms with Gasteiger partial charge in [0.05, 0.1) is 38.5 Å². The standard InChI is InChI=1S/C28H27F3N2O5S/c1-35-24-13-18-11-12-33(27(39)32-20-6-4-5-19(14-20)28(29,30)31)23(22(18)15-25(24)36-2)16-38-21-9-7-17(8-10-21)26(34)37-3/h4-10,13-15,23H,11-12,16H2,1-3H3,(H,32,39). The monoisotopic (exact) mass is 560 g/mol. The van der Waals surface area contributed by atoms with E-state index in [2.05, 4.69) is 5.32 Å². The fourth-order valence-corrected chi connectivity index (χ4v) is 4.74. The third-order valence-electron chi connectivity index (χ3n) is 6.39. The van der Waals surface area contributed by atoms with Crippen molar-refractivity contribution in [1.82, 2.24) is 4.90 Å². The van der Waals surface area contributed by atoms with Crippen molar-refractivity contribution in [2.24, 2.45) is 0 Å². The second-order valence-corrected chi connectivity index (χ2v) is 9.09. The van der Waals surface area contributed by atoms with Crippen molar-refractivity contribution in [3.8, 4) is 17.2 Å². The Bertz CT molecular complexity index is 1350. The maximum Gasteiger partial charge on any atom is 0.416 e. The number of halogens is 3. The molecular formula is C28H27F3N2O5S. The number of fused-ring (bicyclic) bond motifs is 1. The highest BCUT2D eigenvalue weighted by Crippen LogP contribution is 2.39. The molecule has 1 aliphatic rings. The van der Waals surface area contributed by atoms with Crippen LogP contribution in [-0.4, -0.2) is 50.5 Å². The number of alkyl halides is 3. The Morgan fingerprint density at radius 3 is 2.36 bits per heavy atom. The average molecular weight is 561 g/mol. The maximum atomic E-state index is 13.2. The Balaban J connectivity index is 1.62. The minimum atomic E-state index is -4.47. The molecule has 7 nitrogen and oxygen atoms in total. The Labute approximate surface area is 229 Å². The van der Waals surface area contributed by atoms with E-state index in [-0.39, 0.29) is 17.4 Å². The molecule has 0 saturated carbocycles. The predicted octanol–water partition coefficient (Wildman–Crippen LogP) is 5.88. The predicted molar refractivity (Wildman–Crippen MR) is 144 cm³/mol. The Morgan fingerprint density at radius 2 is 1.72 bits per heavy atom. The summed E-state index contributed by atoms with van der Waals surface area (Å²) in [4.78, 5) is 13.6. The molecule has 3 aromatic rings. The van der Waals surface area contributed by atoms with Crippen LogP contribution in [0.3, 0.4) is 0 Å². The van der Waals surface area contributed by atoms with Crippen LogP contribution in [0.25, 0.3) is 0 Å². The number of benzene rings is 3. The summed E-state index contributed by atoms with van der Waals surface area (Å²) in [5.74, 6) is 1.18. The number of anilines is 1. The van der Waals surface area contributed by atoms with E-state index in [0.29, 0.717) is 35.8 Å². The van der Waals surface area contributed by atoms with Crippen molar-refractivity contribution in [2.45, 2.75) is 18.6 Å². The third kappa shape index (κ3) is 6.36. The van der Waals surface area contributed by atoms with E-state index in [1.54, 1.807) is 38.5 Å². The molecule has 1 N–H and O–H groups in total. The summed E-state index contributed by atoms with van der Waals surface area (Å²) < 4.78 is 61.5. The second kappa shape index (κ2) is 11.8. The molecule has 4 rings (SSSR count). The number of hydrogen-bond donors (Lipinski definition) is 1. The van der Waals surface area contributed by atoms with Gasteiger partial charge in [0.25, 0.3) is 0 Å². The van der Waals surface area contributed by atoms with Crippen molar-refractivity contribution < 1.29 is 36.9 Å². The minimum absolute atomic E-state index is 0.157. The van der Waals surface area contributed by atoms with E-state index in [4.69, 9.17) is 31.2 Å². The van der Waals surface area contributed by atoms with Gasteiger partial charge in [-0.05, 0) is 84.4 Å². The summed E-state index contributed by atoms with van der Waals surface area (Å²) in [5, 5.41) is 3.21. The summed E-state index contributed by atoms with van der Waals surface area (Å²) in [7, 11) is 4.41. The van der Waals surface area contributed by atoms with Crippen molar-refractivity contribution in [2.75, 3.05) is 39.8 Å². The molecule has 39 heavy (non-hydrogen) atoms. The molecule has 1 atom stereocenters. The quantitative estimate of drug-likeness (QED) is 0.284. The Hall–Kier alpha value is -3.99. The van der Waals surface area contributed by atoms with Crippen LogP contribution in [0.5, 0.6) is 17.2 Å². The van der Waals surface area contributed by atoms with Crippen LogP contribution in [0.1, 0.15) is 33.1 Å². The lowest BCUT2D eigenvalue weighted by molar-refractivity contribution is -0.137. The summed E-state index contributed by atoms with van der Waals surface area (Å²) in [6.07, 6.45) is -3.86. The average Bonchev–Trinajstić information content (AvgIpc) is 2.94. The zero-order valence-electron chi connectivity index (χ0n) is 21.5. The molecule has 0 bridgehead atoms. The molecule has 0 amide bonds. The number of ether oxygens (including phenoxy) is 4. The highest BCUT2D eigenvalue weighted by atomic mass is 32.1. The van der Waals surface area contributed by atoms with Gasteiger partial charge >= 0.3 is 12.1 Å². The lowest BCUT2D eigenvalue weighted by Gasteiger charge is -2.39. The molecule has 11 heteroatoms. The van der Waals surface area contributed by atoms with E-state index in [9.17, 15) is 18.0 Å². The van der Waals surface area contributed by atoms with Gasteiger partial charge in [-0.2, -0.15) is 13.2 Å². The molecule has 206 valence electrons. The third-order valence-corrected chi connectivity index (χ3v) is 6.72. The summed E-state index contributed by atoms with van der Waals surface area (Å²) in [5.41, 5.74) is 1.74. The maximum absolute atomic E-state index is 13.2. The first-order valence-corrected chi connectivity index (χ1v) is 12.4. The van der Waals surface area contributed by atoms with Crippen LogP contribution in [0, 0.1) is 0 Å². The van der Waals surface area contributed by atoms with Gasteiger partial charge in [0.2, 0.25) is 0 Å². The lowest BCUT2D eigenvalue weighted by Crippen LogP contribution is -2.44. The molecule has 0 saturated heterocycles. The number of carbonyl (C=O) groups is 1. The van der Waals surface area contributed by atoms with Crippen LogP contribution >= 0.6 is 12.2 Å². The number of methoxy groups -OCH3 is 3. The van der Waals surface area contributed by atoms with Crippen molar-refractivity contribution in [1.29, 1.82) is 0 Å². The largest absolute Gasteiger partial charge is 0.493 e. The first-order valence-electron chi connectivity index (χ1n) is 12.0. The van der Waals surface area contributed by atoms with Gasteiger partial charge in [-0.25, -0.2) is 4.79 Å². The second-order valence-electron chi connectivity index (χ2n) is 8.70. The van der Waals surface area contributed by atoms with Crippen LogP contribution in [0.2, 0.25) is 0 Å². The molecule has 1 unspecified atom stereocenters. The van der Waals surface area contributed by atoms with Gasteiger partial charge in [0.1, 0.15) is 12.4 Å². The highest BCUT2D eigenvalue weighted by molar-refractivity contribution is 7.80. The van der Waals surface area contributed by atoms with Crippen LogP contribution in [0.4, 0.5) is 18.9 Å². The molecule has 1 aliphatic heterocycles. The Morgan fingerprint density at radius 1 is 1.03 bits per heavy atom. The van der Waals surface area contributed by atoms with Crippen LogP contribution in [0.15, 0.2) is 60.7 Å². The van der Waals surface area contributed by atoms with E-state index >= 15 is 0 Å². The SMILES string of the molecule is COC(=O)c1ccc(OCC2c3cc(OC)c(OC)cc3CCN2C(=S)Nc2cccc(C(F)(F)F)c2)cc1. The molecule has 0 fully saturated rings. The molecule has 0 aromatic heterocycles. The van der Waals surface area contributed by atoms with Gasteiger partial charge in [0.15, 0.2) is 16.6 Å². The number of hydrogen-bond acceptors (Lipinski definition) is 6.